The van der Waals surface area contributed by atoms with Gasteiger partial charge in [0.05, 0.1) is 18.1 Å². The Morgan fingerprint density at radius 2 is 1.94 bits per heavy atom. The van der Waals surface area contributed by atoms with Crippen LogP contribution in [0.1, 0.15) is 19.0 Å². The van der Waals surface area contributed by atoms with E-state index >= 15 is 0 Å². The highest BCUT2D eigenvalue weighted by Gasteiger charge is 2.05. The second kappa shape index (κ2) is 7.58. The van der Waals surface area contributed by atoms with E-state index in [2.05, 4.69) is 40.8 Å². The van der Waals surface area contributed by atoms with E-state index in [1.54, 1.807) is 12.4 Å². The molecular formula is C12H21ClN4. The molecule has 1 aromatic rings. The van der Waals surface area contributed by atoms with E-state index in [4.69, 9.17) is 11.6 Å². The normalized spacial score (nSPS) is 11.4. The summed E-state index contributed by atoms with van der Waals surface area (Å²) in [6.45, 7) is 6.23. The van der Waals surface area contributed by atoms with Crippen LogP contribution < -0.4 is 0 Å². The summed E-state index contributed by atoms with van der Waals surface area (Å²) in [5, 5.41) is 0.449. The Morgan fingerprint density at radius 3 is 2.47 bits per heavy atom. The Bertz CT molecular complexity index is 313. The fourth-order valence-corrected chi connectivity index (χ4v) is 1.71. The molecule has 1 rings (SSSR count). The van der Waals surface area contributed by atoms with Crippen LogP contribution >= 0.6 is 11.6 Å². The van der Waals surface area contributed by atoms with Crippen molar-refractivity contribution in [3.05, 3.63) is 23.2 Å². The lowest BCUT2D eigenvalue weighted by Gasteiger charge is -2.20. The second-order valence-corrected chi connectivity index (χ2v) is 4.74. The minimum absolute atomic E-state index is 0.449. The third-order valence-corrected chi connectivity index (χ3v) is 2.78. The molecule has 17 heavy (non-hydrogen) atoms. The average Bonchev–Trinajstić information content (AvgIpc) is 2.30. The summed E-state index contributed by atoms with van der Waals surface area (Å²) < 4.78 is 0. The van der Waals surface area contributed by atoms with Gasteiger partial charge in [-0.2, -0.15) is 0 Å². The Morgan fingerprint density at radius 1 is 1.18 bits per heavy atom. The van der Waals surface area contributed by atoms with Crippen molar-refractivity contribution in [2.45, 2.75) is 19.9 Å². The lowest BCUT2D eigenvalue weighted by atomic mass is 10.3. The van der Waals surface area contributed by atoms with Gasteiger partial charge in [0.15, 0.2) is 0 Å². The number of halogens is 1. The second-order valence-electron chi connectivity index (χ2n) is 4.36. The molecule has 4 nitrogen and oxygen atoms in total. The Labute approximate surface area is 109 Å². The van der Waals surface area contributed by atoms with Gasteiger partial charge < -0.3 is 4.90 Å². The van der Waals surface area contributed by atoms with Crippen LogP contribution in [0.2, 0.25) is 5.15 Å². The molecule has 0 aromatic carbocycles. The standard InChI is InChI=1S/C12H21ClN4/c1-4-17(7-5-6-16(2)3)10-11-8-15-12(13)9-14-11/h8-9H,4-7,10H2,1-3H3. The average molecular weight is 257 g/mol. The van der Waals surface area contributed by atoms with E-state index < -0.39 is 0 Å². The van der Waals surface area contributed by atoms with Crippen molar-refractivity contribution in [2.24, 2.45) is 0 Å². The zero-order valence-electron chi connectivity index (χ0n) is 10.9. The number of nitrogens with zero attached hydrogens (tertiary/aromatic N) is 4. The summed E-state index contributed by atoms with van der Waals surface area (Å²) in [6.07, 6.45) is 4.52. The highest BCUT2D eigenvalue weighted by atomic mass is 35.5. The van der Waals surface area contributed by atoms with Crippen LogP contribution in [-0.4, -0.2) is 53.5 Å². The van der Waals surface area contributed by atoms with Crippen LogP contribution in [0.4, 0.5) is 0 Å². The van der Waals surface area contributed by atoms with Crippen molar-refractivity contribution >= 4 is 11.6 Å². The molecule has 0 aliphatic rings. The van der Waals surface area contributed by atoms with E-state index in [0.717, 1.165) is 31.9 Å². The van der Waals surface area contributed by atoms with Crippen molar-refractivity contribution in [1.82, 2.24) is 19.8 Å². The molecule has 96 valence electrons. The maximum absolute atomic E-state index is 5.71. The third kappa shape index (κ3) is 5.96. The van der Waals surface area contributed by atoms with Crippen LogP contribution in [-0.2, 0) is 6.54 Å². The molecular weight excluding hydrogens is 236 g/mol. The van der Waals surface area contributed by atoms with Gasteiger partial charge in [-0.05, 0) is 40.2 Å². The van der Waals surface area contributed by atoms with Gasteiger partial charge in [0.1, 0.15) is 5.15 Å². The number of aromatic nitrogens is 2. The molecule has 0 fully saturated rings. The summed E-state index contributed by atoms with van der Waals surface area (Å²) in [5.74, 6) is 0. The molecule has 0 saturated carbocycles. The molecule has 0 aliphatic carbocycles. The fourth-order valence-electron chi connectivity index (χ4n) is 1.61. The highest BCUT2D eigenvalue weighted by Crippen LogP contribution is 2.05. The van der Waals surface area contributed by atoms with Crippen molar-refractivity contribution in [2.75, 3.05) is 33.7 Å². The first-order valence-electron chi connectivity index (χ1n) is 5.95. The number of hydrogen-bond donors (Lipinski definition) is 0. The molecule has 0 unspecified atom stereocenters. The Balaban J connectivity index is 2.38. The molecule has 1 aromatic heterocycles. The molecule has 0 bridgehead atoms. The van der Waals surface area contributed by atoms with Gasteiger partial charge in [-0.15, -0.1) is 0 Å². The largest absolute Gasteiger partial charge is 0.309 e. The van der Waals surface area contributed by atoms with Crippen LogP contribution in [0.5, 0.6) is 0 Å². The van der Waals surface area contributed by atoms with Gasteiger partial charge >= 0.3 is 0 Å². The minimum atomic E-state index is 0.449. The van der Waals surface area contributed by atoms with Gasteiger partial charge in [-0.3, -0.25) is 9.88 Å². The topological polar surface area (TPSA) is 32.3 Å². The molecule has 0 saturated heterocycles. The van der Waals surface area contributed by atoms with Crippen molar-refractivity contribution in [3.63, 3.8) is 0 Å². The monoisotopic (exact) mass is 256 g/mol. The predicted molar refractivity (Wildman–Crippen MR) is 71.2 cm³/mol. The maximum atomic E-state index is 5.71. The summed E-state index contributed by atoms with van der Waals surface area (Å²) in [4.78, 5) is 12.9. The van der Waals surface area contributed by atoms with Crippen LogP contribution in [0.15, 0.2) is 12.4 Å². The fraction of sp³-hybridized carbons (Fsp3) is 0.667. The minimum Gasteiger partial charge on any atom is -0.309 e. The van der Waals surface area contributed by atoms with E-state index in [1.807, 2.05) is 0 Å². The lowest BCUT2D eigenvalue weighted by Crippen LogP contribution is -2.27. The first kappa shape index (κ1) is 14.4. The molecule has 0 aliphatic heterocycles. The predicted octanol–water partition coefficient (Wildman–Crippen LogP) is 1.90. The quantitative estimate of drug-likeness (QED) is 0.746. The van der Waals surface area contributed by atoms with E-state index in [9.17, 15) is 0 Å². The summed E-state index contributed by atoms with van der Waals surface area (Å²) in [7, 11) is 4.20. The van der Waals surface area contributed by atoms with Gasteiger partial charge in [-0.1, -0.05) is 18.5 Å². The van der Waals surface area contributed by atoms with Crippen LogP contribution in [0.25, 0.3) is 0 Å². The van der Waals surface area contributed by atoms with Crippen molar-refractivity contribution in [3.8, 4) is 0 Å². The van der Waals surface area contributed by atoms with Crippen molar-refractivity contribution in [1.29, 1.82) is 0 Å². The SMILES string of the molecule is CCN(CCCN(C)C)Cc1cnc(Cl)cn1. The first-order chi connectivity index (χ1) is 8.11. The van der Waals surface area contributed by atoms with Crippen LogP contribution in [0, 0.1) is 0 Å². The molecule has 1 heterocycles. The summed E-state index contributed by atoms with van der Waals surface area (Å²) >= 11 is 5.71. The van der Waals surface area contributed by atoms with Gasteiger partial charge in [0.2, 0.25) is 0 Å². The van der Waals surface area contributed by atoms with Crippen LogP contribution in [0.3, 0.4) is 0 Å². The van der Waals surface area contributed by atoms with Gasteiger partial charge in [0.25, 0.3) is 0 Å². The Kier molecular flexibility index (Phi) is 6.40. The molecule has 0 radical (unpaired) electrons. The Hall–Kier alpha value is -0.710. The van der Waals surface area contributed by atoms with E-state index in [-0.39, 0.29) is 0 Å². The molecule has 0 amide bonds. The molecule has 0 spiro atoms. The summed E-state index contributed by atoms with van der Waals surface area (Å²) in [6, 6.07) is 0. The maximum Gasteiger partial charge on any atom is 0.147 e. The number of hydrogen-bond acceptors (Lipinski definition) is 4. The lowest BCUT2D eigenvalue weighted by molar-refractivity contribution is 0.256. The third-order valence-electron chi connectivity index (χ3n) is 2.59. The van der Waals surface area contributed by atoms with Gasteiger partial charge in [0, 0.05) is 6.54 Å². The molecule has 0 atom stereocenters. The molecule has 0 N–H and O–H groups in total. The number of rotatable bonds is 7. The van der Waals surface area contributed by atoms with E-state index in [1.165, 1.54) is 6.42 Å². The van der Waals surface area contributed by atoms with E-state index in [0.29, 0.717) is 5.15 Å². The zero-order chi connectivity index (χ0) is 12.7. The molecule has 5 heteroatoms. The highest BCUT2D eigenvalue weighted by molar-refractivity contribution is 6.29. The van der Waals surface area contributed by atoms with Gasteiger partial charge in [-0.25, -0.2) is 4.98 Å². The summed E-state index contributed by atoms with van der Waals surface area (Å²) in [5.41, 5.74) is 0.973. The van der Waals surface area contributed by atoms with Crippen molar-refractivity contribution < 1.29 is 0 Å². The first-order valence-corrected chi connectivity index (χ1v) is 6.33. The zero-order valence-corrected chi connectivity index (χ0v) is 11.6. The smallest absolute Gasteiger partial charge is 0.147 e.